The Labute approximate surface area is 104 Å². The van der Waals surface area contributed by atoms with Gasteiger partial charge in [-0.05, 0) is 5.41 Å². The molecule has 3 atom stereocenters. The number of esters is 1. The molecule has 1 rings (SSSR count). The highest BCUT2D eigenvalue weighted by atomic mass is 16.5. The number of carboxylic acid groups (broad SMARTS) is 1. The van der Waals surface area contributed by atoms with Crippen LogP contribution in [-0.4, -0.2) is 47.8 Å². The van der Waals surface area contributed by atoms with Crippen molar-refractivity contribution in [1.82, 2.24) is 5.32 Å². The first-order chi connectivity index (χ1) is 8.23. The average Bonchev–Trinajstić information content (AvgIpc) is 2.87. The normalized spacial score (nSPS) is 26.0. The van der Waals surface area contributed by atoms with E-state index >= 15 is 0 Å². The maximum atomic E-state index is 11.7. The molecule has 0 aliphatic heterocycles. The first-order valence-corrected chi connectivity index (χ1v) is 5.50. The average molecular weight is 259 g/mol. The molecule has 3 N–H and O–H groups in total. The number of hydrogen-bond acceptors (Lipinski definition) is 5. The van der Waals surface area contributed by atoms with E-state index in [2.05, 4.69) is 10.1 Å². The van der Waals surface area contributed by atoms with Crippen LogP contribution in [0.4, 0.5) is 0 Å². The number of ether oxygens (including phenoxy) is 1. The Morgan fingerprint density at radius 2 is 1.89 bits per heavy atom. The van der Waals surface area contributed by atoms with Crippen molar-refractivity contribution in [1.29, 1.82) is 0 Å². The molecule has 102 valence electrons. The summed E-state index contributed by atoms with van der Waals surface area (Å²) < 4.78 is 4.29. The first kappa shape index (κ1) is 14.4. The molecule has 1 unspecified atom stereocenters. The number of carbonyl (C=O) groups excluding carboxylic acids is 2. The highest BCUT2D eigenvalue weighted by Crippen LogP contribution is 2.58. The van der Waals surface area contributed by atoms with Crippen LogP contribution in [0.3, 0.4) is 0 Å². The standard InChI is InChI=1S/C11H17NO6/c1-11(2)6(7(11)9(15)16)8(14)12-4-5(13)10(17)18-3/h5-7,13H,4H2,1-3H3,(H,12,14)(H,15,16)/t5?,6-,7+/m1/s1. The zero-order valence-electron chi connectivity index (χ0n) is 10.5. The molecule has 0 bridgehead atoms. The molecule has 1 fully saturated rings. The van der Waals surface area contributed by atoms with E-state index in [-0.39, 0.29) is 6.54 Å². The number of aliphatic hydroxyl groups excluding tert-OH is 1. The van der Waals surface area contributed by atoms with Gasteiger partial charge in [-0.15, -0.1) is 0 Å². The third kappa shape index (κ3) is 2.61. The molecule has 1 saturated carbocycles. The van der Waals surface area contributed by atoms with Crippen molar-refractivity contribution < 1.29 is 29.3 Å². The number of amides is 1. The highest BCUT2D eigenvalue weighted by molar-refractivity contribution is 5.91. The Balaban J connectivity index is 2.49. The second-order valence-electron chi connectivity index (χ2n) is 4.90. The maximum absolute atomic E-state index is 11.7. The van der Waals surface area contributed by atoms with Crippen molar-refractivity contribution in [2.75, 3.05) is 13.7 Å². The molecule has 1 amide bonds. The number of methoxy groups -OCH3 is 1. The van der Waals surface area contributed by atoms with E-state index < -0.39 is 41.2 Å². The summed E-state index contributed by atoms with van der Waals surface area (Å²) in [5.74, 6) is -3.71. The quantitative estimate of drug-likeness (QED) is 0.545. The summed E-state index contributed by atoms with van der Waals surface area (Å²) in [6.07, 6.45) is -1.44. The molecule has 1 aliphatic rings. The van der Waals surface area contributed by atoms with Crippen LogP contribution in [0.25, 0.3) is 0 Å². The number of aliphatic carboxylic acids is 1. The van der Waals surface area contributed by atoms with Gasteiger partial charge in [-0.1, -0.05) is 13.8 Å². The molecule has 0 aromatic rings. The smallest absolute Gasteiger partial charge is 0.336 e. The van der Waals surface area contributed by atoms with E-state index in [1.54, 1.807) is 13.8 Å². The van der Waals surface area contributed by atoms with Gasteiger partial charge in [-0.25, -0.2) is 4.79 Å². The summed E-state index contributed by atoms with van der Waals surface area (Å²) in [6, 6.07) is 0. The monoisotopic (exact) mass is 259 g/mol. The fourth-order valence-electron chi connectivity index (χ4n) is 2.11. The lowest BCUT2D eigenvalue weighted by atomic mass is 10.1. The van der Waals surface area contributed by atoms with Gasteiger partial charge >= 0.3 is 11.9 Å². The maximum Gasteiger partial charge on any atom is 0.336 e. The number of aliphatic hydroxyl groups is 1. The fourth-order valence-corrected chi connectivity index (χ4v) is 2.11. The van der Waals surface area contributed by atoms with Gasteiger partial charge in [-0.3, -0.25) is 9.59 Å². The minimum atomic E-state index is -1.44. The van der Waals surface area contributed by atoms with Crippen molar-refractivity contribution in [3.05, 3.63) is 0 Å². The van der Waals surface area contributed by atoms with E-state index in [4.69, 9.17) is 5.11 Å². The Kier molecular flexibility index (Phi) is 3.95. The van der Waals surface area contributed by atoms with Crippen LogP contribution in [0.15, 0.2) is 0 Å². The Morgan fingerprint density at radius 3 is 2.28 bits per heavy atom. The Hall–Kier alpha value is -1.63. The minimum Gasteiger partial charge on any atom is -0.481 e. The van der Waals surface area contributed by atoms with Crippen molar-refractivity contribution in [2.45, 2.75) is 20.0 Å². The fraction of sp³-hybridized carbons (Fsp3) is 0.727. The van der Waals surface area contributed by atoms with Crippen LogP contribution >= 0.6 is 0 Å². The third-order valence-electron chi connectivity index (χ3n) is 3.32. The van der Waals surface area contributed by atoms with Gasteiger partial charge in [0.15, 0.2) is 6.10 Å². The molecule has 0 spiro atoms. The molecule has 0 aromatic heterocycles. The van der Waals surface area contributed by atoms with Gasteiger partial charge in [0.25, 0.3) is 0 Å². The van der Waals surface area contributed by atoms with Gasteiger partial charge in [0.1, 0.15) is 0 Å². The van der Waals surface area contributed by atoms with Crippen molar-refractivity contribution in [3.8, 4) is 0 Å². The predicted octanol–water partition coefficient (Wildman–Crippen LogP) is -1.01. The molecule has 1 aliphatic carbocycles. The van der Waals surface area contributed by atoms with Crippen LogP contribution in [0.2, 0.25) is 0 Å². The summed E-state index contributed by atoms with van der Waals surface area (Å²) in [5, 5.41) is 20.5. The van der Waals surface area contributed by atoms with E-state index in [0.717, 1.165) is 7.11 Å². The van der Waals surface area contributed by atoms with Crippen molar-refractivity contribution >= 4 is 17.8 Å². The summed E-state index contributed by atoms with van der Waals surface area (Å²) in [5.41, 5.74) is -0.605. The lowest BCUT2D eigenvalue weighted by Gasteiger charge is -2.10. The summed E-state index contributed by atoms with van der Waals surface area (Å²) >= 11 is 0. The van der Waals surface area contributed by atoms with Gasteiger partial charge in [0.2, 0.25) is 5.91 Å². The van der Waals surface area contributed by atoms with Crippen LogP contribution in [0, 0.1) is 17.3 Å². The highest BCUT2D eigenvalue weighted by Gasteiger charge is 2.65. The lowest BCUT2D eigenvalue weighted by molar-refractivity contribution is -0.150. The van der Waals surface area contributed by atoms with E-state index in [9.17, 15) is 19.5 Å². The van der Waals surface area contributed by atoms with Gasteiger partial charge in [0.05, 0.1) is 25.5 Å². The van der Waals surface area contributed by atoms with Gasteiger partial charge in [0, 0.05) is 0 Å². The Bertz CT molecular complexity index is 378. The molecular formula is C11H17NO6. The van der Waals surface area contributed by atoms with Crippen molar-refractivity contribution in [2.24, 2.45) is 17.3 Å². The molecule has 7 nitrogen and oxygen atoms in total. The molecule has 0 saturated heterocycles. The van der Waals surface area contributed by atoms with Crippen molar-refractivity contribution in [3.63, 3.8) is 0 Å². The number of carbonyl (C=O) groups is 3. The Morgan fingerprint density at radius 1 is 1.33 bits per heavy atom. The summed E-state index contributed by atoms with van der Waals surface area (Å²) in [6.45, 7) is 3.09. The zero-order chi connectivity index (χ0) is 14.1. The van der Waals surface area contributed by atoms with E-state index in [1.165, 1.54) is 0 Å². The lowest BCUT2D eigenvalue weighted by Crippen LogP contribution is -2.38. The van der Waals surface area contributed by atoms with E-state index in [0.29, 0.717) is 0 Å². The molecular weight excluding hydrogens is 242 g/mol. The zero-order valence-corrected chi connectivity index (χ0v) is 10.5. The van der Waals surface area contributed by atoms with E-state index in [1.807, 2.05) is 0 Å². The van der Waals surface area contributed by atoms with Crippen LogP contribution in [0.5, 0.6) is 0 Å². The minimum absolute atomic E-state index is 0.287. The second kappa shape index (κ2) is 4.93. The predicted molar refractivity (Wildman–Crippen MR) is 59.4 cm³/mol. The molecule has 0 radical (unpaired) electrons. The number of hydrogen-bond donors (Lipinski definition) is 3. The third-order valence-corrected chi connectivity index (χ3v) is 3.32. The molecule has 0 aromatic carbocycles. The largest absolute Gasteiger partial charge is 0.481 e. The number of rotatable bonds is 5. The molecule has 0 heterocycles. The number of carboxylic acids is 1. The van der Waals surface area contributed by atoms with Gasteiger partial charge < -0.3 is 20.3 Å². The van der Waals surface area contributed by atoms with Crippen LogP contribution < -0.4 is 5.32 Å². The van der Waals surface area contributed by atoms with Gasteiger partial charge in [-0.2, -0.15) is 0 Å². The SMILES string of the molecule is COC(=O)C(O)CNC(=O)[C@H]1[C@@H](C(=O)O)C1(C)C. The summed E-state index contributed by atoms with van der Waals surface area (Å²) in [4.78, 5) is 33.5. The molecule has 18 heavy (non-hydrogen) atoms. The molecule has 7 heteroatoms. The van der Waals surface area contributed by atoms with Crippen LogP contribution in [-0.2, 0) is 19.1 Å². The summed E-state index contributed by atoms with van der Waals surface area (Å²) in [7, 11) is 1.12. The van der Waals surface area contributed by atoms with Crippen LogP contribution in [0.1, 0.15) is 13.8 Å². The second-order valence-corrected chi connectivity index (χ2v) is 4.90. The number of nitrogens with one attached hydrogen (secondary N) is 1. The topological polar surface area (TPSA) is 113 Å². The first-order valence-electron chi connectivity index (χ1n) is 5.50.